The first-order valence-electron chi connectivity index (χ1n) is 12.7. The minimum atomic E-state index is -2.37. The zero-order valence-corrected chi connectivity index (χ0v) is 20.8. The molecule has 38 heavy (non-hydrogen) atoms. The first-order chi connectivity index (χ1) is 18.2. The molecule has 1 saturated heterocycles. The van der Waals surface area contributed by atoms with Crippen molar-refractivity contribution in [2.75, 3.05) is 30.7 Å². The summed E-state index contributed by atoms with van der Waals surface area (Å²) in [6.45, 7) is 2.65. The number of nitrogen functional groups attached to an aromatic ring is 1. The Hall–Kier alpha value is -3.35. The van der Waals surface area contributed by atoms with Crippen LogP contribution in [0.2, 0.25) is 0 Å². The highest BCUT2D eigenvalue weighted by atomic mass is 19.3. The summed E-state index contributed by atoms with van der Waals surface area (Å²) in [7, 11) is 0. The molecule has 2 aliphatic heterocycles. The molecule has 0 spiro atoms. The molecule has 3 aromatic heterocycles. The van der Waals surface area contributed by atoms with Crippen molar-refractivity contribution in [2.24, 2.45) is 4.99 Å². The van der Waals surface area contributed by atoms with Crippen molar-refractivity contribution < 1.29 is 22.0 Å². The lowest BCUT2D eigenvalue weighted by atomic mass is 9.94. The van der Waals surface area contributed by atoms with E-state index in [4.69, 9.17) is 5.73 Å². The van der Waals surface area contributed by atoms with E-state index < -0.39 is 18.7 Å². The lowest BCUT2D eigenvalue weighted by Crippen LogP contribution is -2.41. The molecule has 8 nitrogen and oxygen atoms in total. The number of fused-ring (bicyclic) bond motifs is 2. The van der Waals surface area contributed by atoms with E-state index in [2.05, 4.69) is 25.4 Å². The number of hydrogen-bond acceptors (Lipinski definition) is 7. The molecule has 0 saturated carbocycles. The fourth-order valence-electron chi connectivity index (χ4n) is 5.27. The maximum Gasteiger partial charge on any atom is 0.251 e. The summed E-state index contributed by atoms with van der Waals surface area (Å²) in [6, 6.07) is 3.36. The maximum atomic E-state index is 15.2. The Morgan fingerprint density at radius 1 is 1.11 bits per heavy atom. The number of nitrogens with one attached hydrogen (secondary N) is 1. The average Bonchev–Trinajstić information content (AvgIpc) is 3.35. The highest BCUT2D eigenvalue weighted by Crippen LogP contribution is 2.40. The molecule has 1 unspecified atom stereocenters. The molecule has 1 atom stereocenters. The summed E-state index contributed by atoms with van der Waals surface area (Å²) in [4.78, 5) is 15.2. The van der Waals surface area contributed by atoms with Gasteiger partial charge in [-0.25, -0.2) is 31.5 Å². The topological polar surface area (TPSA) is 96.7 Å². The number of alkyl halides is 4. The van der Waals surface area contributed by atoms with Gasteiger partial charge in [-0.3, -0.25) is 9.89 Å². The van der Waals surface area contributed by atoms with Crippen LogP contribution >= 0.6 is 0 Å². The fourth-order valence-corrected chi connectivity index (χ4v) is 5.27. The van der Waals surface area contributed by atoms with Crippen LogP contribution in [-0.4, -0.2) is 68.7 Å². The van der Waals surface area contributed by atoms with Gasteiger partial charge in [-0.1, -0.05) is 0 Å². The third-order valence-corrected chi connectivity index (χ3v) is 7.13. The largest absolute Gasteiger partial charge is 0.382 e. The van der Waals surface area contributed by atoms with E-state index in [9.17, 15) is 17.6 Å². The quantitative estimate of drug-likeness (QED) is 0.362. The molecule has 5 heterocycles. The maximum absolute atomic E-state index is 15.2. The highest BCUT2D eigenvalue weighted by molar-refractivity contribution is 5.96. The lowest BCUT2D eigenvalue weighted by molar-refractivity contribution is 0.0769. The van der Waals surface area contributed by atoms with E-state index in [0.717, 1.165) is 5.71 Å². The molecular formula is C25H29F5N8. The molecule has 2 aliphatic rings. The van der Waals surface area contributed by atoms with Gasteiger partial charge in [-0.05, 0) is 44.7 Å². The number of nitrogens with two attached hydrogens (primary N) is 1. The molecule has 0 amide bonds. The van der Waals surface area contributed by atoms with Crippen molar-refractivity contribution in [3.63, 3.8) is 0 Å². The summed E-state index contributed by atoms with van der Waals surface area (Å²) in [5, 5.41) is 7.56. The number of piperidine rings is 1. The Morgan fingerprint density at radius 3 is 2.58 bits per heavy atom. The number of halogens is 5. The molecular weight excluding hydrogens is 507 g/mol. The van der Waals surface area contributed by atoms with Crippen molar-refractivity contribution in [3.8, 4) is 11.3 Å². The normalized spacial score (nSPS) is 18.5. The van der Waals surface area contributed by atoms with Crippen molar-refractivity contribution >= 4 is 28.7 Å². The van der Waals surface area contributed by atoms with Gasteiger partial charge >= 0.3 is 0 Å². The first-order valence-corrected chi connectivity index (χ1v) is 12.7. The predicted molar refractivity (Wildman–Crippen MR) is 135 cm³/mol. The van der Waals surface area contributed by atoms with Gasteiger partial charge < -0.3 is 11.1 Å². The second kappa shape index (κ2) is 10.8. The van der Waals surface area contributed by atoms with Crippen molar-refractivity contribution in [1.82, 2.24) is 24.5 Å². The van der Waals surface area contributed by atoms with Gasteiger partial charge in [0, 0.05) is 37.2 Å². The Morgan fingerprint density at radius 2 is 1.87 bits per heavy atom. The number of aliphatic imine (C=N–C) groups is 1. The van der Waals surface area contributed by atoms with Crippen LogP contribution in [0.1, 0.15) is 50.6 Å². The van der Waals surface area contributed by atoms with Crippen LogP contribution in [0.15, 0.2) is 23.3 Å². The number of hydrogen-bond donors (Lipinski definition) is 2. The minimum absolute atomic E-state index is 0.0238. The Bertz CT molecular complexity index is 1330. The van der Waals surface area contributed by atoms with Crippen LogP contribution in [-0.2, 0) is 0 Å². The van der Waals surface area contributed by atoms with Gasteiger partial charge in [-0.15, -0.1) is 5.10 Å². The number of nitrogens with zero attached hydrogens (tertiary/aromatic N) is 6. The molecule has 0 bridgehead atoms. The smallest absolute Gasteiger partial charge is 0.251 e. The van der Waals surface area contributed by atoms with Crippen LogP contribution in [0.5, 0.6) is 0 Å². The molecule has 3 N–H and O–H groups in total. The molecule has 0 radical (unpaired) electrons. The van der Waals surface area contributed by atoms with Crippen LogP contribution in [0.4, 0.5) is 39.4 Å². The van der Waals surface area contributed by atoms with Crippen LogP contribution in [0.25, 0.3) is 16.8 Å². The molecule has 0 aromatic carbocycles. The highest BCUT2D eigenvalue weighted by Gasteiger charge is 2.28. The standard InChI is InChI=1S/C25H29F5N8/c1-13-15(3-2-4-19(27)28)22-18(32-13)6-5-17(34-22)21-16(26)11-38-23(21)24(31)35-25(36-38)33-14-7-9-37(10-8-14)12-20(29)30/h5-6,11,14-15,19-20H,2-4,7-10,12H2,1H3,(H3,31,33,35,36). The lowest BCUT2D eigenvalue weighted by Gasteiger charge is -2.31. The van der Waals surface area contributed by atoms with E-state index >= 15 is 4.39 Å². The number of rotatable bonds is 9. The van der Waals surface area contributed by atoms with E-state index in [1.165, 1.54) is 10.7 Å². The van der Waals surface area contributed by atoms with Gasteiger partial charge in [0.05, 0.1) is 35.4 Å². The van der Waals surface area contributed by atoms with E-state index in [-0.39, 0.29) is 47.8 Å². The summed E-state index contributed by atoms with van der Waals surface area (Å²) in [5.41, 5.74) is 9.06. The molecule has 5 rings (SSSR count). The van der Waals surface area contributed by atoms with E-state index in [1.54, 1.807) is 17.0 Å². The third-order valence-electron chi connectivity index (χ3n) is 7.13. The zero-order chi connectivity index (χ0) is 27.0. The van der Waals surface area contributed by atoms with Gasteiger partial charge in [-0.2, -0.15) is 4.98 Å². The van der Waals surface area contributed by atoms with Gasteiger partial charge in [0.1, 0.15) is 5.52 Å². The van der Waals surface area contributed by atoms with E-state index in [0.29, 0.717) is 55.8 Å². The Balaban J connectivity index is 1.37. The second-order valence-corrected chi connectivity index (χ2v) is 9.80. The van der Waals surface area contributed by atoms with Gasteiger partial charge in [0.15, 0.2) is 11.6 Å². The summed E-state index contributed by atoms with van der Waals surface area (Å²) in [5.74, 6) is -0.522. The summed E-state index contributed by atoms with van der Waals surface area (Å²) in [6.07, 6.45) is -1.65. The average molecular weight is 537 g/mol. The first kappa shape index (κ1) is 26.3. The molecule has 204 valence electrons. The zero-order valence-electron chi connectivity index (χ0n) is 20.8. The van der Waals surface area contributed by atoms with Crippen LogP contribution < -0.4 is 11.1 Å². The van der Waals surface area contributed by atoms with Crippen LogP contribution in [0.3, 0.4) is 0 Å². The van der Waals surface area contributed by atoms with Gasteiger partial charge in [0.25, 0.3) is 6.43 Å². The number of pyridine rings is 1. The van der Waals surface area contributed by atoms with E-state index in [1.807, 2.05) is 6.92 Å². The third kappa shape index (κ3) is 5.42. The SMILES string of the molecule is CC1=Nc2ccc(-c3c(F)cn4nc(NC5CCN(CC(F)F)CC5)nc(N)c34)nc2C1CCCC(F)F. The number of aromatic nitrogens is 4. The molecule has 1 fully saturated rings. The number of likely N-dealkylation sites (tertiary alicyclic amines) is 1. The second-order valence-electron chi connectivity index (χ2n) is 9.80. The molecule has 13 heteroatoms. The molecule has 0 aliphatic carbocycles. The summed E-state index contributed by atoms with van der Waals surface area (Å²) >= 11 is 0. The van der Waals surface area contributed by atoms with Gasteiger partial charge in [0.2, 0.25) is 12.4 Å². The predicted octanol–water partition coefficient (Wildman–Crippen LogP) is 5.28. The van der Waals surface area contributed by atoms with Crippen molar-refractivity contribution in [3.05, 3.63) is 29.8 Å². The molecule has 3 aromatic rings. The van der Waals surface area contributed by atoms with Crippen molar-refractivity contribution in [2.45, 2.75) is 63.8 Å². The van der Waals surface area contributed by atoms with Crippen molar-refractivity contribution in [1.29, 1.82) is 0 Å². The minimum Gasteiger partial charge on any atom is -0.382 e. The fraction of sp³-hybridized carbons (Fsp3) is 0.520. The summed E-state index contributed by atoms with van der Waals surface area (Å²) < 4.78 is 67.1. The Kier molecular flexibility index (Phi) is 7.46. The Labute approximate surface area is 216 Å². The van der Waals surface area contributed by atoms with Crippen LogP contribution in [0, 0.1) is 5.82 Å². The number of anilines is 2. The monoisotopic (exact) mass is 536 g/mol.